The molecule has 0 bridgehead atoms. The summed E-state index contributed by atoms with van der Waals surface area (Å²) in [5, 5.41) is 6.15. The number of likely N-dealkylation sites (tertiary alicyclic amines) is 1. The van der Waals surface area contributed by atoms with Crippen LogP contribution in [0.2, 0.25) is 0 Å². The lowest BCUT2D eigenvalue weighted by molar-refractivity contribution is -0.120. The first-order chi connectivity index (χ1) is 11.5. The molecule has 6 nitrogen and oxygen atoms in total. The second-order valence-electron chi connectivity index (χ2n) is 5.85. The number of aryl methyl sites for hydroxylation is 1. The van der Waals surface area contributed by atoms with E-state index in [1.54, 1.807) is 11.8 Å². The van der Waals surface area contributed by atoms with Crippen molar-refractivity contribution < 1.29 is 14.3 Å². The quantitative estimate of drug-likeness (QED) is 0.800. The number of amides is 2. The van der Waals surface area contributed by atoms with Crippen LogP contribution in [0.25, 0.3) is 0 Å². The van der Waals surface area contributed by atoms with E-state index in [2.05, 4.69) is 26.6 Å². The molecule has 1 fully saturated rings. The maximum absolute atomic E-state index is 12.1. The Kier molecular flexibility index (Phi) is 6.90. The lowest BCUT2D eigenvalue weighted by Crippen LogP contribution is -2.47. The van der Waals surface area contributed by atoms with E-state index in [-0.39, 0.29) is 24.6 Å². The van der Waals surface area contributed by atoms with Gasteiger partial charge in [-0.05, 0) is 50.5 Å². The van der Waals surface area contributed by atoms with E-state index in [0.717, 1.165) is 28.6 Å². The van der Waals surface area contributed by atoms with Gasteiger partial charge >= 0.3 is 6.09 Å². The number of carbonyl (C=O) groups excluding carboxylic acids is 2. The molecular formula is C17H24BrN3O3. The summed E-state index contributed by atoms with van der Waals surface area (Å²) in [6, 6.07) is 5.99. The first kappa shape index (κ1) is 18.6. The van der Waals surface area contributed by atoms with Crippen molar-refractivity contribution >= 4 is 33.6 Å². The van der Waals surface area contributed by atoms with Crippen LogP contribution in [0, 0.1) is 6.92 Å². The molecule has 1 heterocycles. The summed E-state index contributed by atoms with van der Waals surface area (Å²) in [5.41, 5.74) is 2.04. The lowest BCUT2D eigenvalue weighted by Gasteiger charge is -2.31. The second-order valence-corrected chi connectivity index (χ2v) is 6.70. The summed E-state index contributed by atoms with van der Waals surface area (Å²) in [6.07, 6.45) is 1.23. The van der Waals surface area contributed by atoms with Crippen LogP contribution in [0.15, 0.2) is 22.7 Å². The van der Waals surface area contributed by atoms with E-state index in [1.807, 2.05) is 25.1 Å². The predicted molar refractivity (Wildman–Crippen MR) is 97.1 cm³/mol. The zero-order valence-corrected chi connectivity index (χ0v) is 15.7. The fourth-order valence-corrected chi connectivity index (χ4v) is 2.88. The minimum Gasteiger partial charge on any atom is -0.450 e. The molecule has 1 aliphatic rings. The third-order valence-corrected chi connectivity index (χ3v) is 4.89. The highest BCUT2D eigenvalue weighted by Gasteiger charge is 2.24. The molecule has 2 amide bonds. The van der Waals surface area contributed by atoms with Gasteiger partial charge in [0.05, 0.1) is 13.2 Å². The number of rotatable bonds is 5. The van der Waals surface area contributed by atoms with Crippen LogP contribution in [0.3, 0.4) is 0 Å². The number of carbonyl (C=O) groups is 2. The Balaban J connectivity index is 1.71. The van der Waals surface area contributed by atoms with Crippen molar-refractivity contribution in [2.75, 3.05) is 31.6 Å². The number of anilines is 1. The van der Waals surface area contributed by atoms with Gasteiger partial charge in [-0.25, -0.2) is 4.79 Å². The largest absolute Gasteiger partial charge is 0.450 e. The molecule has 0 radical (unpaired) electrons. The highest BCUT2D eigenvalue weighted by Crippen LogP contribution is 2.19. The van der Waals surface area contributed by atoms with Crippen LogP contribution in [-0.4, -0.2) is 49.2 Å². The Bertz CT molecular complexity index is 586. The monoisotopic (exact) mass is 397 g/mol. The first-order valence-electron chi connectivity index (χ1n) is 8.20. The minimum absolute atomic E-state index is 0.0369. The number of halogens is 1. The number of ether oxygens (including phenoxy) is 1. The number of benzene rings is 1. The molecule has 7 heteroatoms. The van der Waals surface area contributed by atoms with Crippen molar-refractivity contribution in [3.05, 3.63) is 28.2 Å². The molecule has 2 rings (SSSR count). The van der Waals surface area contributed by atoms with E-state index in [9.17, 15) is 9.59 Å². The maximum atomic E-state index is 12.1. The van der Waals surface area contributed by atoms with E-state index < -0.39 is 0 Å². The molecule has 0 atom stereocenters. The molecular weight excluding hydrogens is 374 g/mol. The highest BCUT2D eigenvalue weighted by atomic mass is 79.9. The second kappa shape index (κ2) is 8.92. The summed E-state index contributed by atoms with van der Waals surface area (Å²) < 4.78 is 6.04. The van der Waals surface area contributed by atoms with Crippen molar-refractivity contribution in [1.82, 2.24) is 10.2 Å². The third-order valence-electron chi connectivity index (χ3n) is 4.00. The van der Waals surface area contributed by atoms with Gasteiger partial charge in [-0.1, -0.05) is 15.9 Å². The molecule has 0 unspecified atom stereocenters. The molecule has 0 aromatic heterocycles. The van der Waals surface area contributed by atoms with Crippen LogP contribution in [0.4, 0.5) is 10.5 Å². The summed E-state index contributed by atoms with van der Waals surface area (Å²) in [5.74, 6) is -0.0369. The Morgan fingerprint density at radius 1 is 1.33 bits per heavy atom. The Labute approximate surface area is 151 Å². The van der Waals surface area contributed by atoms with Gasteiger partial charge in [0.15, 0.2) is 0 Å². The molecule has 0 aliphatic carbocycles. The highest BCUT2D eigenvalue weighted by molar-refractivity contribution is 9.10. The summed E-state index contributed by atoms with van der Waals surface area (Å²) >= 11 is 3.46. The number of piperidine rings is 1. The topological polar surface area (TPSA) is 70.7 Å². The van der Waals surface area contributed by atoms with E-state index in [4.69, 9.17) is 4.74 Å². The van der Waals surface area contributed by atoms with E-state index in [1.165, 1.54) is 0 Å². The number of nitrogens with zero attached hydrogens (tertiary/aromatic N) is 1. The van der Waals surface area contributed by atoms with Gasteiger partial charge in [0.2, 0.25) is 5.91 Å². The average molecular weight is 398 g/mol. The SMILES string of the molecule is CCOC(=O)N1CCC(NC(=O)CNc2ccc(Br)c(C)c2)CC1. The number of hydrogen-bond acceptors (Lipinski definition) is 4. The zero-order chi connectivity index (χ0) is 17.5. The van der Waals surface area contributed by atoms with Gasteiger partial charge in [0.25, 0.3) is 0 Å². The van der Waals surface area contributed by atoms with Gasteiger partial charge in [0.1, 0.15) is 0 Å². The van der Waals surface area contributed by atoms with Crippen molar-refractivity contribution in [2.24, 2.45) is 0 Å². The molecule has 1 aromatic rings. The van der Waals surface area contributed by atoms with E-state index in [0.29, 0.717) is 19.7 Å². The van der Waals surface area contributed by atoms with Gasteiger partial charge in [0, 0.05) is 29.3 Å². The van der Waals surface area contributed by atoms with Gasteiger partial charge in [-0.15, -0.1) is 0 Å². The molecule has 1 aliphatic heterocycles. The van der Waals surface area contributed by atoms with Crippen LogP contribution < -0.4 is 10.6 Å². The molecule has 132 valence electrons. The van der Waals surface area contributed by atoms with Gasteiger partial charge in [-0.3, -0.25) is 4.79 Å². The van der Waals surface area contributed by atoms with Crippen LogP contribution >= 0.6 is 15.9 Å². The zero-order valence-electron chi connectivity index (χ0n) is 14.1. The van der Waals surface area contributed by atoms with E-state index >= 15 is 0 Å². The van der Waals surface area contributed by atoms with Crippen molar-refractivity contribution in [3.63, 3.8) is 0 Å². The summed E-state index contributed by atoms with van der Waals surface area (Å²) in [6.45, 7) is 5.65. The Morgan fingerprint density at radius 2 is 2.04 bits per heavy atom. The molecule has 2 N–H and O–H groups in total. The fourth-order valence-electron chi connectivity index (χ4n) is 2.64. The van der Waals surface area contributed by atoms with Crippen LogP contribution in [0.1, 0.15) is 25.3 Å². The standard InChI is InChI=1S/C17H24BrN3O3/c1-3-24-17(23)21-8-6-13(7-9-21)20-16(22)11-19-14-4-5-15(18)12(2)10-14/h4-5,10,13,19H,3,6-9,11H2,1-2H3,(H,20,22). The predicted octanol–water partition coefficient (Wildman–Crippen LogP) is 2.91. The van der Waals surface area contributed by atoms with Crippen molar-refractivity contribution in [3.8, 4) is 0 Å². The Morgan fingerprint density at radius 3 is 2.67 bits per heavy atom. The first-order valence-corrected chi connectivity index (χ1v) is 9.00. The third kappa shape index (κ3) is 5.40. The molecule has 1 aromatic carbocycles. The smallest absolute Gasteiger partial charge is 0.409 e. The minimum atomic E-state index is -0.269. The molecule has 24 heavy (non-hydrogen) atoms. The number of nitrogens with one attached hydrogen (secondary N) is 2. The average Bonchev–Trinajstić information content (AvgIpc) is 2.57. The van der Waals surface area contributed by atoms with Gasteiger partial charge in [-0.2, -0.15) is 0 Å². The molecule has 0 saturated carbocycles. The Hall–Kier alpha value is -1.76. The molecule has 0 spiro atoms. The van der Waals surface area contributed by atoms with Crippen molar-refractivity contribution in [2.45, 2.75) is 32.7 Å². The maximum Gasteiger partial charge on any atom is 0.409 e. The van der Waals surface area contributed by atoms with Crippen LogP contribution in [-0.2, 0) is 9.53 Å². The summed E-state index contributed by atoms with van der Waals surface area (Å²) in [7, 11) is 0. The fraction of sp³-hybridized carbons (Fsp3) is 0.529. The van der Waals surface area contributed by atoms with Crippen molar-refractivity contribution in [1.29, 1.82) is 0 Å². The lowest BCUT2D eigenvalue weighted by atomic mass is 10.1. The van der Waals surface area contributed by atoms with Gasteiger partial charge < -0.3 is 20.3 Å². The van der Waals surface area contributed by atoms with Crippen LogP contribution in [0.5, 0.6) is 0 Å². The summed E-state index contributed by atoms with van der Waals surface area (Å²) in [4.78, 5) is 25.4. The normalized spacial score (nSPS) is 15.0. The molecule has 1 saturated heterocycles. The number of hydrogen-bond donors (Lipinski definition) is 2.